The Hall–Kier alpha value is -2.80. The van der Waals surface area contributed by atoms with Crippen LogP contribution in [-0.2, 0) is 17.9 Å². The van der Waals surface area contributed by atoms with Crippen molar-refractivity contribution in [3.63, 3.8) is 0 Å². The molecule has 3 aromatic rings. The van der Waals surface area contributed by atoms with E-state index in [0.717, 1.165) is 15.6 Å². The molecular formula is C18H15BrN4O2. The molecule has 7 heteroatoms. The molecule has 0 saturated heterocycles. The number of hydrogen-bond donors (Lipinski definition) is 0. The number of nitrogens with zero attached hydrogens (tertiary/aromatic N) is 4. The molecule has 126 valence electrons. The number of carbonyl (C=O) groups is 1. The van der Waals surface area contributed by atoms with E-state index in [4.69, 9.17) is 4.74 Å². The quantitative estimate of drug-likeness (QED) is 0.649. The van der Waals surface area contributed by atoms with Gasteiger partial charge in [-0.25, -0.2) is 19.7 Å². The highest BCUT2D eigenvalue weighted by atomic mass is 79.9. The van der Waals surface area contributed by atoms with Gasteiger partial charge < -0.3 is 4.74 Å². The second-order valence-corrected chi connectivity index (χ2v) is 6.10. The highest BCUT2D eigenvalue weighted by molar-refractivity contribution is 9.10. The number of pyridine rings is 1. The molecule has 0 bridgehead atoms. The number of rotatable bonds is 5. The Kier molecular flexibility index (Phi) is 5.69. The molecule has 6 nitrogen and oxygen atoms in total. The molecule has 1 aromatic carbocycles. The van der Waals surface area contributed by atoms with Crippen LogP contribution in [0.2, 0.25) is 0 Å². The summed E-state index contributed by atoms with van der Waals surface area (Å²) in [6.07, 6.45) is 6.01. The number of ether oxygens (including phenoxy) is 1. The molecule has 0 unspecified atom stereocenters. The van der Waals surface area contributed by atoms with Crippen LogP contribution in [0.3, 0.4) is 0 Å². The zero-order valence-corrected chi connectivity index (χ0v) is 14.8. The molecule has 25 heavy (non-hydrogen) atoms. The average Bonchev–Trinajstić information content (AvgIpc) is 2.67. The Morgan fingerprint density at radius 1 is 1.00 bits per heavy atom. The van der Waals surface area contributed by atoms with Crippen molar-refractivity contribution in [3.05, 3.63) is 82.9 Å². The van der Waals surface area contributed by atoms with Crippen molar-refractivity contribution in [2.24, 2.45) is 0 Å². The fourth-order valence-corrected chi connectivity index (χ4v) is 2.33. The summed E-state index contributed by atoms with van der Waals surface area (Å²) in [4.78, 5) is 26.4. The van der Waals surface area contributed by atoms with Gasteiger partial charge in [0.05, 0.1) is 11.0 Å². The molecule has 0 aliphatic heterocycles. The van der Waals surface area contributed by atoms with E-state index in [1.165, 1.54) is 4.90 Å². The van der Waals surface area contributed by atoms with Crippen molar-refractivity contribution in [1.82, 2.24) is 15.0 Å². The first kappa shape index (κ1) is 17.0. The van der Waals surface area contributed by atoms with Crippen molar-refractivity contribution in [2.75, 3.05) is 4.90 Å². The smallest absolute Gasteiger partial charge is 0.417 e. The maximum absolute atomic E-state index is 12.6. The number of aromatic nitrogens is 3. The van der Waals surface area contributed by atoms with Crippen molar-refractivity contribution < 1.29 is 9.53 Å². The number of halogens is 1. The van der Waals surface area contributed by atoms with Crippen molar-refractivity contribution in [1.29, 1.82) is 0 Å². The summed E-state index contributed by atoms with van der Waals surface area (Å²) in [5.41, 5.74) is 1.81. The predicted octanol–water partition coefficient (Wildman–Crippen LogP) is 3.98. The summed E-state index contributed by atoms with van der Waals surface area (Å²) in [5, 5.41) is 0. The SMILES string of the molecule is O=C(OCc1ccccc1)N(Cc1ccncc1)c1ncc(Br)cn1. The predicted molar refractivity (Wildman–Crippen MR) is 96.8 cm³/mol. The van der Waals surface area contributed by atoms with E-state index in [9.17, 15) is 4.79 Å². The number of hydrogen-bond acceptors (Lipinski definition) is 5. The topological polar surface area (TPSA) is 68.2 Å². The van der Waals surface area contributed by atoms with E-state index in [1.54, 1.807) is 24.8 Å². The highest BCUT2D eigenvalue weighted by Crippen LogP contribution is 2.16. The van der Waals surface area contributed by atoms with E-state index in [0.29, 0.717) is 0 Å². The molecule has 1 amide bonds. The lowest BCUT2D eigenvalue weighted by molar-refractivity contribution is 0.146. The minimum absolute atomic E-state index is 0.184. The fraction of sp³-hybridized carbons (Fsp3) is 0.111. The molecule has 0 saturated carbocycles. The first-order valence-electron chi connectivity index (χ1n) is 7.57. The number of benzene rings is 1. The normalized spacial score (nSPS) is 10.3. The zero-order chi connectivity index (χ0) is 17.5. The van der Waals surface area contributed by atoms with Crippen LogP contribution in [0.25, 0.3) is 0 Å². The highest BCUT2D eigenvalue weighted by Gasteiger charge is 2.20. The molecular weight excluding hydrogens is 384 g/mol. The summed E-state index contributed by atoms with van der Waals surface area (Å²) in [6, 6.07) is 13.2. The summed E-state index contributed by atoms with van der Waals surface area (Å²) in [5.74, 6) is 0.276. The monoisotopic (exact) mass is 398 g/mol. The molecule has 0 N–H and O–H groups in total. The fourth-order valence-electron chi connectivity index (χ4n) is 2.13. The molecule has 2 heterocycles. The van der Waals surface area contributed by atoms with Crippen molar-refractivity contribution in [2.45, 2.75) is 13.2 Å². The maximum Gasteiger partial charge on any atom is 0.417 e. The van der Waals surface area contributed by atoms with Crippen LogP contribution in [0, 0.1) is 0 Å². The molecule has 0 aliphatic rings. The van der Waals surface area contributed by atoms with Crippen molar-refractivity contribution >= 4 is 28.0 Å². The lowest BCUT2D eigenvalue weighted by Gasteiger charge is -2.20. The van der Waals surface area contributed by atoms with Crippen LogP contribution in [0.4, 0.5) is 10.7 Å². The van der Waals surface area contributed by atoms with Crippen molar-refractivity contribution in [3.8, 4) is 0 Å². The van der Waals surface area contributed by atoms with Gasteiger partial charge in [0.25, 0.3) is 0 Å². The number of carbonyl (C=O) groups excluding carboxylic acids is 1. The summed E-state index contributed by atoms with van der Waals surface area (Å²) in [6.45, 7) is 0.473. The van der Waals surface area contributed by atoms with Gasteiger partial charge in [-0.3, -0.25) is 4.98 Å². The Morgan fingerprint density at radius 2 is 1.68 bits per heavy atom. The first-order valence-corrected chi connectivity index (χ1v) is 8.36. The van der Waals surface area contributed by atoms with Crippen LogP contribution in [-0.4, -0.2) is 21.0 Å². The Labute approximate surface area is 153 Å². The molecule has 0 fully saturated rings. The van der Waals surface area contributed by atoms with Gasteiger partial charge in [0.2, 0.25) is 5.95 Å². The van der Waals surface area contributed by atoms with Gasteiger partial charge in [0, 0.05) is 24.8 Å². The minimum atomic E-state index is -0.511. The number of anilines is 1. The lowest BCUT2D eigenvalue weighted by Crippen LogP contribution is -2.32. The largest absolute Gasteiger partial charge is 0.444 e. The molecule has 3 rings (SSSR count). The van der Waals surface area contributed by atoms with E-state index < -0.39 is 6.09 Å². The van der Waals surface area contributed by atoms with Gasteiger partial charge in [0.15, 0.2) is 0 Å². The van der Waals surface area contributed by atoms with Gasteiger partial charge in [-0.2, -0.15) is 0 Å². The first-order chi connectivity index (χ1) is 12.2. The van der Waals surface area contributed by atoms with E-state index >= 15 is 0 Å². The average molecular weight is 399 g/mol. The summed E-state index contributed by atoms with van der Waals surface area (Å²) >= 11 is 3.29. The third kappa shape index (κ3) is 4.84. The van der Waals surface area contributed by atoms with Gasteiger partial charge in [-0.15, -0.1) is 0 Å². The molecule has 2 aromatic heterocycles. The minimum Gasteiger partial charge on any atom is -0.444 e. The van der Waals surface area contributed by atoms with E-state index in [1.807, 2.05) is 42.5 Å². The molecule has 0 radical (unpaired) electrons. The van der Waals surface area contributed by atoms with Crippen LogP contribution < -0.4 is 4.90 Å². The van der Waals surface area contributed by atoms with E-state index in [-0.39, 0.29) is 19.1 Å². The van der Waals surface area contributed by atoms with Gasteiger partial charge in [-0.05, 0) is 39.2 Å². The van der Waals surface area contributed by atoms with Gasteiger partial charge in [-0.1, -0.05) is 30.3 Å². The molecule has 0 aliphatic carbocycles. The van der Waals surface area contributed by atoms with Crippen LogP contribution in [0.5, 0.6) is 0 Å². The summed E-state index contributed by atoms with van der Waals surface area (Å²) in [7, 11) is 0. The zero-order valence-electron chi connectivity index (χ0n) is 13.2. The molecule has 0 atom stereocenters. The van der Waals surface area contributed by atoms with Crippen LogP contribution >= 0.6 is 15.9 Å². The Morgan fingerprint density at radius 3 is 2.36 bits per heavy atom. The third-order valence-corrected chi connectivity index (χ3v) is 3.77. The number of amides is 1. The molecule has 0 spiro atoms. The second kappa shape index (κ2) is 8.34. The van der Waals surface area contributed by atoms with Crippen LogP contribution in [0.1, 0.15) is 11.1 Å². The Bertz CT molecular complexity index is 813. The lowest BCUT2D eigenvalue weighted by atomic mass is 10.2. The van der Waals surface area contributed by atoms with Crippen LogP contribution in [0.15, 0.2) is 71.7 Å². The maximum atomic E-state index is 12.6. The standard InChI is InChI=1S/C18H15BrN4O2/c19-16-10-21-17(22-11-16)23(12-14-6-8-20-9-7-14)18(24)25-13-15-4-2-1-3-5-15/h1-11H,12-13H2. The Balaban J connectivity index is 1.77. The summed E-state index contributed by atoms with van der Waals surface area (Å²) < 4.78 is 6.16. The van der Waals surface area contributed by atoms with E-state index in [2.05, 4.69) is 30.9 Å². The third-order valence-electron chi connectivity index (χ3n) is 3.36. The van der Waals surface area contributed by atoms with Gasteiger partial charge >= 0.3 is 6.09 Å². The van der Waals surface area contributed by atoms with Gasteiger partial charge in [0.1, 0.15) is 6.61 Å². The second-order valence-electron chi connectivity index (χ2n) is 5.18.